The van der Waals surface area contributed by atoms with E-state index in [2.05, 4.69) is 31.0 Å². The van der Waals surface area contributed by atoms with Crippen molar-refractivity contribution in [2.24, 2.45) is 0 Å². The zero-order chi connectivity index (χ0) is 16.9. The van der Waals surface area contributed by atoms with Crippen LogP contribution >= 0.6 is 0 Å². The van der Waals surface area contributed by atoms with E-state index in [4.69, 9.17) is 4.52 Å². The van der Waals surface area contributed by atoms with Crippen molar-refractivity contribution < 1.29 is 9.32 Å². The van der Waals surface area contributed by atoms with Gasteiger partial charge in [-0.3, -0.25) is 4.90 Å². The van der Waals surface area contributed by atoms with Gasteiger partial charge in [-0.1, -0.05) is 17.3 Å². The summed E-state index contributed by atoms with van der Waals surface area (Å²) in [4.78, 5) is 18.5. The second kappa shape index (κ2) is 7.41. The second-order valence-electron chi connectivity index (χ2n) is 5.92. The van der Waals surface area contributed by atoms with E-state index in [-0.39, 0.29) is 18.6 Å². The first-order chi connectivity index (χ1) is 11.6. The molecule has 1 aliphatic heterocycles. The van der Waals surface area contributed by atoms with Gasteiger partial charge < -0.3 is 20.5 Å². The molecule has 1 unspecified atom stereocenters. The summed E-state index contributed by atoms with van der Waals surface area (Å²) in [7, 11) is 2.04. The molecule has 8 heteroatoms. The fraction of sp³-hybridized carbons (Fsp3) is 0.438. The summed E-state index contributed by atoms with van der Waals surface area (Å²) in [5.74, 6) is 1.03. The molecular formula is C16H22N6O2. The van der Waals surface area contributed by atoms with Crippen LogP contribution in [0.15, 0.2) is 28.8 Å². The maximum absolute atomic E-state index is 11.9. The van der Waals surface area contributed by atoms with Crippen molar-refractivity contribution in [1.82, 2.24) is 25.7 Å². The van der Waals surface area contributed by atoms with Crippen LogP contribution in [0.1, 0.15) is 23.3 Å². The fourth-order valence-corrected chi connectivity index (χ4v) is 2.62. The molecule has 0 spiro atoms. The number of urea groups is 1. The molecule has 1 aromatic carbocycles. The summed E-state index contributed by atoms with van der Waals surface area (Å²) in [6.07, 6.45) is 0. The monoisotopic (exact) mass is 330 g/mol. The number of hydrogen-bond donors (Lipinski definition) is 3. The smallest absolute Gasteiger partial charge is 0.319 e. The van der Waals surface area contributed by atoms with E-state index in [0.717, 1.165) is 30.9 Å². The summed E-state index contributed by atoms with van der Waals surface area (Å²) in [6.45, 7) is 4.84. The summed E-state index contributed by atoms with van der Waals surface area (Å²) in [5, 5.41) is 12.8. The van der Waals surface area contributed by atoms with Crippen molar-refractivity contribution in [3.05, 3.63) is 41.5 Å². The van der Waals surface area contributed by atoms with Crippen molar-refractivity contribution in [3.8, 4) is 0 Å². The van der Waals surface area contributed by atoms with Crippen molar-refractivity contribution in [3.63, 3.8) is 0 Å². The molecule has 1 atom stereocenters. The third-order valence-electron chi connectivity index (χ3n) is 3.97. The van der Waals surface area contributed by atoms with Crippen molar-refractivity contribution in [2.45, 2.75) is 19.5 Å². The quantitative estimate of drug-likeness (QED) is 0.781. The zero-order valence-corrected chi connectivity index (χ0v) is 13.9. The lowest BCUT2D eigenvalue weighted by Crippen LogP contribution is -2.44. The van der Waals surface area contributed by atoms with E-state index in [1.54, 1.807) is 0 Å². The summed E-state index contributed by atoms with van der Waals surface area (Å²) in [6, 6.07) is 7.39. The van der Waals surface area contributed by atoms with Crippen molar-refractivity contribution in [1.29, 1.82) is 0 Å². The van der Waals surface area contributed by atoms with Crippen LogP contribution in [0.5, 0.6) is 0 Å². The van der Waals surface area contributed by atoms with E-state index in [1.807, 2.05) is 38.2 Å². The highest BCUT2D eigenvalue weighted by Gasteiger charge is 2.25. The molecule has 2 heterocycles. The predicted octanol–water partition coefficient (Wildman–Crippen LogP) is 1.28. The number of carbonyl (C=O) groups is 1. The number of likely N-dealkylation sites (N-methyl/N-ethyl adjacent to an activating group) is 1. The largest absolute Gasteiger partial charge is 0.337 e. The van der Waals surface area contributed by atoms with Crippen LogP contribution in [0.3, 0.4) is 0 Å². The van der Waals surface area contributed by atoms with E-state index in [1.165, 1.54) is 0 Å². The Labute approximate surface area is 140 Å². The van der Waals surface area contributed by atoms with Crippen LogP contribution in [-0.4, -0.2) is 47.8 Å². The van der Waals surface area contributed by atoms with Gasteiger partial charge in [-0.2, -0.15) is 4.98 Å². The highest BCUT2D eigenvalue weighted by atomic mass is 16.5. The first kappa shape index (κ1) is 16.4. The van der Waals surface area contributed by atoms with Crippen LogP contribution in [0.2, 0.25) is 0 Å². The average molecular weight is 330 g/mol. The van der Waals surface area contributed by atoms with Gasteiger partial charge in [0, 0.05) is 25.3 Å². The van der Waals surface area contributed by atoms with Crippen LogP contribution in [0, 0.1) is 6.92 Å². The Morgan fingerprint density at radius 1 is 1.50 bits per heavy atom. The van der Waals surface area contributed by atoms with Crippen LogP contribution in [-0.2, 0) is 6.54 Å². The number of nitrogens with one attached hydrogen (secondary N) is 3. The molecule has 1 aromatic heterocycles. The standard InChI is InChI=1S/C16H22N6O2/c1-11-4-3-5-12(8-11)19-16(23)18-10-14-20-15(21-24-14)13-9-17-6-7-22(13)2/h3-5,8,13,17H,6-7,9-10H2,1-2H3,(H2,18,19,23). The SMILES string of the molecule is Cc1cccc(NC(=O)NCc2nc(C3CNCCN3C)no2)c1. The highest BCUT2D eigenvalue weighted by molar-refractivity contribution is 5.89. The summed E-state index contributed by atoms with van der Waals surface area (Å²) >= 11 is 0. The maximum atomic E-state index is 11.9. The molecular weight excluding hydrogens is 308 g/mol. The lowest BCUT2D eigenvalue weighted by molar-refractivity contribution is 0.190. The highest BCUT2D eigenvalue weighted by Crippen LogP contribution is 2.17. The van der Waals surface area contributed by atoms with E-state index >= 15 is 0 Å². The molecule has 0 bridgehead atoms. The van der Waals surface area contributed by atoms with E-state index < -0.39 is 0 Å². The van der Waals surface area contributed by atoms with Crippen LogP contribution in [0.4, 0.5) is 10.5 Å². The number of amides is 2. The van der Waals surface area contributed by atoms with Gasteiger partial charge in [-0.15, -0.1) is 0 Å². The first-order valence-corrected chi connectivity index (χ1v) is 7.97. The Balaban J connectivity index is 1.52. The average Bonchev–Trinajstić information content (AvgIpc) is 3.02. The maximum Gasteiger partial charge on any atom is 0.319 e. The molecule has 3 N–H and O–H groups in total. The number of nitrogens with zero attached hydrogens (tertiary/aromatic N) is 3. The molecule has 2 aromatic rings. The Bertz CT molecular complexity index is 701. The minimum atomic E-state index is -0.309. The first-order valence-electron chi connectivity index (χ1n) is 7.97. The normalized spacial score (nSPS) is 18.3. The summed E-state index contributed by atoms with van der Waals surface area (Å²) < 4.78 is 5.23. The predicted molar refractivity (Wildman–Crippen MR) is 89.6 cm³/mol. The topological polar surface area (TPSA) is 95.3 Å². The minimum Gasteiger partial charge on any atom is -0.337 e. The lowest BCUT2D eigenvalue weighted by Gasteiger charge is -2.30. The zero-order valence-electron chi connectivity index (χ0n) is 13.9. The number of benzene rings is 1. The third-order valence-corrected chi connectivity index (χ3v) is 3.97. The Kier molecular flexibility index (Phi) is 5.07. The van der Waals surface area contributed by atoms with Gasteiger partial charge in [-0.25, -0.2) is 4.79 Å². The van der Waals surface area contributed by atoms with Gasteiger partial charge in [0.15, 0.2) is 5.82 Å². The van der Waals surface area contributed by atoms with Crippen molar-refractivity contribution in [2.75, 3.05) is 32.0 Å². The van der Waals surface area contributed by atoms with Gasteiger partial charge in [0.05, 0.1) is 12.6 Å². The van der Waals surface area contributed by atoms with Crippen molar-refractivity contribution >= 4 is 11.7 Å². The second-order valence-corrected chi connectivity index (χ2v) is 5.92. The van der Waals surface area contributed by atoms with Gasteiger partial charge in [-0.05, 0) is 31.7 Å². The number of aryl methyl sites for hydroxylation is 1. The number of anilines is 1. The molecule has 24 heavy (non-hydrogen) atoms. The Hall–Kier alpha value is -2.45. The van der Waals surface area contributed by atoms with Gasteiger partial charge in [0.1, 0.15) is 0 Å². The molecule has 2 amide bonds. The molecule has 8 nitrogen and oxygen atoms in total. The number of carbonyl (C=O) groups excluding carboxylic acids is 1. The summed E-state index contributed by atoms with van der Waals surface area (Å²) in [5.41, 5.74) is 1.83. The molecule has 1 aliphatic rings. The molecule has 1 fully saturated rings. The fourth-order valence-electron chi connectivity index (χ4n) is 2.62. The Morgan fingerprint density at radius 2 is 2.38 bits per heavy atom. The number of rotatable bonds is 4. The van der Waals surface area contributed by atoms with Gasteiger partial charge in [0.2, 0.25) is 5.89 Å². The Morgan fingerprint density at radius 3 is 3.17 bits per heavy atom. The van der Waals surface area contributed by atoms with Crippen LogP contribution in [0.25, 0.3) is 0 Å². The number of aromatic nitrogens is 2. The van der Waals surface area contributed by atoms with E-state index in [9.17, 15) is 4.79 Å². The van der Waals surface area contributed by atoms with E-state index in [0.29, 0.717) is 11.7 Å². The molecule has 0 saturated carbocycles. The molecule has 128 valence electrons. The number of piperazine rings is 1. The molecule has 0 radical (unpaired) electrons. The minimum absolute atomic E-state index is 0.0948. The lowest BCUT2D eigenvalue weighted by atomic mass is 10.2. The third kappa shape index (κ3) is 4.09. The van der Waals surface area contributed by atoms with Gasteiger partial charge in [0.25, 0.3) is 0 Å². The molecule has 1 saturated heterocycles. The van der Waals surface area contributed by atoms with Crippen LogP contribution < -0.4 is 16.0 Å². The number of hydrogen-bond acceptors (Lipinski definition) is 6. The van der Waals surface area contributed by atoms with Gasteiger partial charge >= 0.3 is 6.03 Å². The molecule has 3 rings (SSSR count). The molecule has 0 aliphatic carbocycles.